The summed E-state index contributed by atoms with van der Waals surface area (Å²) in [6.45, 7) is 6.88. The maximum atomic E-state index is 15.1. The lowest BCUT2D eigenvalue weighted by Gasteiger charge is -2.33. The molecule has 0 aliphatic carbocycles. The van der Waals surface area contributed by atoms with Crippen LogP contribution in [0.15, 0.2) is 36.7 Å². The first kappa shape index (κ1) is 21.0. The highest BCUT2D eigenvalue weighted by molar-refractivity contribution is 5.88. The number of halogens is 1. The second kappa shape index (κ2) is 9.32. The van der Waals surface area contributed by atoms with E-state index in [1.54, 1.807) is 12.4 Å². The van der Waals surface area contributed by atoms with E-state index >= 15 is 4.39 Å². The van der Waals surface area contributed by atoms with Gasteiger partial charge in [-0.25, -0.2) is 14.4 Å². The molecule has 2 aliphatic rings. The minimum atomic E-state index is -0.270. The van der Waals surface area contributed by atoms with Gasteiger partial charge in [-0.3, -0.25) is 4.98 Å². The van der Waals surface area contributed by atoms with Crippen LogP contribution in [0.4, 0.5) is 15.9 Å². The van der Waals surface area contributed by atoms with Gasteiger partial charge in [0.15, 0.2) is 5.82 Å². The highest BCUT2D eigenvalue weighted by atomic mass is 19.1. The standard InChI is InChI=1S/C23H27FN6O2/c1-15-14-30(7-9-31-15)21-3-2-16(10-18(21)24)19-11-20-22(27-5-4-26-20)23(29-19)28-13-17-12-25-6-8-32-17/h2-5,10-11,15,17,25H,6-9,12-14H2,1H3,(H,28,29)/t15?,17-/m0/s1. The molecule has 4 heterocycles. The molecule has 168 valence electrons. The van der Waals surface area contributed by atoms with Crippen LogP contribution >= 0.6 is 0 Å². The number of nitrogens with zero attached hydrogens (tertiary/aromatic N) is 4. The van der Waals surface area contributed by atoms with E-state index < -0.39 is 0 Å². The molecule has 3 aromatic rings. The molecule has 0 amide bonds. The van der Waals surface area contributed by atoms with E-state index in [0.717, 1.165) is 13.1 Å². The SMILES string of the molecule is CC1CN(c2ccc(-c3cc4nccnc4c(NC[C@@H]4CNCCO4)n3)cc2F)CCO1. The van der Waals surface area contributed by atoms with Crippen molar-refractivity contribution in [1.29, 1.82) is 0 Å². The van der Waals surface area contributed by atoms with Crippen LogP contribution in [0.25, 0.3) is 22.3 Å². The van der Waals surface area contributed by atoms with E-state index in [0.29, 0.717) is 66.6 Å². The molecule has 2 saturated heterocycles. The maximum Gasteiger partial charge on any atom is 0.154 e. The Hall–Kier alpha value is -2.88. The van der Waals surface area contributed by atoms with Crippen LogP contribution in [-0.2, 0) is 9.47 Å². The van der Waals surface area contributed by atoms with E-state index in [-0.39, 0.29) is 18.0 Å². The summed E-state index contributed by atoms with van der Waals surface area (Å²) in [4.78, 5) is 15.7. The number of rotatable bonds is 5. The molecule has 0 saturated carbocycles. The number of hydrogen-bond acceptors (Lipinski definition) is 8. The van der Waals surface area contributed by atoms with Gasteiger partial charge < -0.3 is 25.0 Å². The maximum absolute atomic E-state index is 15.1. The second-order valence-corrected chi connectivity index (χ2v) is 8.15. The Bertz CT molecular complexity index is 1090. The fourth-order valence-corrected chi connectivity index (χ4v) is 4.16. The Morgan fingerprint density at radius 2 is 2.09 bits per heavy atom. The summed E-state index contributed by atoms with van der Waals surface area (Å²) in [6.07, 6.45) is 3.42. The van der Waals surface area contributed by atoms with Gasteiger partial charge in [-0.2, -0.15) is 0 Å². The summed E-state index contributed by atoms with van der Waals surface area (Å²) >= 11 is 0. The van der Waals surface area contributed by atoms with Crippen molar-refractivity contribution in [2.75, 3.05) is 56.2 Å². The fourth-order valence-electron chi connectivity index (χ4n) is 4.16. The largest absolute Gasteiger partial charge is 0.375 e. The number of anilines is 2. The number of nitrogens with one attached hydrogen (secondary N) is 2. The number of fused-ring (bicyclic) bond motifs is 1. The number of morpholine rings is 2. The van der Waals surface area contributed by atoms with E-state index in [9.17, 15) is 0 Å². The summed E-state index contributed by atoms with van der Waals surface area (Å²) in [7, 11) is 0. The highest BCUT2D eigenvalue weighted by Crippen LogP contribution is 2.30. The molecule has 2 atom stereocenters. The Labute approximate surface area is 186 Å². The minimum Gasteiger partial charge on any atom is -0.375 e. The molecule has 9 heteroatoms. The first-order chi connectivity index (χ1) is 15.7. The van der Waals surface area contributed by atoms with Gasteiger partial charge in [0, 0.05) is 50.7 Å². The molecule has 2 fully saturated rings. The van der Waals surface area contributed by atoms with Gasteiger partial charge in [0.05, 0.1) is 42.3 Å². The van der Waals surface area contributed by atoms with Crippen molar-refractivity contribution in [2.24, 2.45) is 0 Å². The van der Waals surface area contributed by atoms with Crippen molar-refractivity contribution in [3.8, 4) is 11.3 Å². The summed E-state index contributed by atoms with van der Waals surface area (Å²) in [5, 5.41) is 6.68. The van der Waals surface area contributed by atoms with Crippen molar-refractivity contribution < 1.29 is 13.9 Å². The van der Waals surface area contributed by atoms with Crippen molar-refractivity contribution in [3.05, 3.63) is 42.5 Å². The molecular formula is C23H27FN6O2. The van der Waals surface area contributed by atoms with Crippen molar-refractivity contribution in [1.82, 2.24) is 20.3 Å². The number of pyridine rings is 1. The van der Waals surface area contributed by atoms with Crippen molar-refractivity contribution in [2.45, 2.75) is 19.1 Å². The molecule has 8 nitrogen and oxygen atoms in total. The second-order valence-electron chi connectivity index (χ2n) is 8.15. The molecular weight excluding hydrogens is 411 g/mol. The third kappa shape index (κ3) is 4.50. The molecule has 1 unspecified atom stereocenters. The normalized spacial score (nSPS) is 21.6. The van der Waals surface area contributed by atoms with Gasteiger partial charge in [-0.1, -0.05) is 6.07 Å². The molecule has 2 aliphatic heterocycles. The van der Waals surface area contributed by atoms with Gasteiger partial charge in [-0.15, -0.1) is 0 Å². The average Bonchev–Trinajstić information content (AvgIpc) is 2.83. The first-order valence-corrected chi connectivity index (χ1v) is 11.0. The lowest BCUT2D eigenvalue weighted by atomic mass is 10.1. The molecule has 32 heavy (non-hydrogen) atoms. The van der Waals surface area contributed by atoms with E-state index in [2.05, 4.69) is 20.6 Å². The average molecular weight is 439 g/mol. The Kier molecular flexibility index (Phi) is 6.11. The lowest BCUT2D eigenvalue weighted by Crippen LogP contribution is -2.42. The summed E-state index contributed by atoms with van der Waals surface area (Å²) in [5.41, 5.74) is 3.31. The van der Waals surface area contributed by atoms with Crippen LogP contribution in [-0.4, -0.2) is 73.1 Å². The molecule has 0 spiro atoms. The van der Waals surface area contributed by atoms with Gasteiger partial charge in [0.25, 0.3) is 0 Å². The van der Waals surface area contributed by atoms with Crippen LogP contribution in [0.2, 0.25) is 0 Å². The summed E-state index contributed by atoms with van der Waals surface area (Å²) < 4.78 is 26.4. The van der Waals surface area contributed by atoms with E-state index in [1.165, 1.54) is 6.07 Å². The van der Waals surface area contributed by atoms with E-state index in [1.807, 2.05) is 30.0 Å². The molecule has 0 radical (unpaired) electrons. The molecule has 1 aromatic carbocycles. The monoisotopic (exact) mass is 438 g/mol. The zero-order chi connectivity index (χ0) is 21.9. The minimum absolute atomic E-state index is 0.0496. The number of hydrogen-bond donors (Lipinski definition) is 2. The third-order valence-electron chi connectivity index (χ3n) is 5.78. The Balaban J connectivity index is 1.43. The number of ether oxygens (including phenoxy) is 2. The van der Waals surface area contributed by atoms with Gasteiger partial charge >= 0.3 is 0 Å². The quantitative estimate of drug-likeness (QED) is 0.629. The van der Waals surface area contributed by atoms with E-state index in [4.69, 9.17) is 14.5 Å². The van der Waals surface area contributed by atoms with Crippen LogP contribution in [0.1, 0.15) is 6.92 Å². The predicted molar refractivity (Wildman–Crippen MR) is 121 cm³/mol. The summed E-state index contributed by atoms with van der Waals surface area (Å²) in [5.74, 6) is 0.347. The Morgan fingerprint density at radius 1 is 1.19 bits per heavy atom. The number of benzene rings is 1. The zero-order valence-electron chi connectivity index (χ0n) is 18.1. The van der Waals surface area contributed by atoms with Crippen LogP contribution < -0.4 is 15.5 Å². The Morgan fingerprint density at radius 3 is 2.91 bits per heavy atom. The van der Waals surface area contributed by atoms with Crippen LogP contribution in [0.5, 0.6) is 0 Å². The smallest absolute Gasteiger partial charge is 0.154 e. The summed E-state index contributed by atoms with van der Waals surface area (Å²) in [6, 6.07) is 7.11. The van der Waals surface area contributed by atoms with Crippen LogP contribution in [0, 0.1) is 5.82 Å². The van der Waals surface area contributed by atoms with Gasteiger partial charge in [0.2, 0.25) is 0 Å². The molecule has 2 N–H and O–H groups in total. The molecule has 2 aromatic heterocycles. The fraction of sp³-hybridized carbons (Fsp3) is 0.435. The highest BCUT2D eigenvalue weighted by Gasteiger charge is 2.21. The molecule has 5 rings (SSSR count). The van der Waals surface area contributed by atoms with Crippen LogP contribution in [0.3, 0.4) is 0 Å². The lowest BCUT2D eigenvalue weighted by molar-refractivity contribution is 0.0372. The topological polar surface area (TPSA) is 84.4 Å². The van der Waals surface area contributed by atoms with Gasteiger partial charge in [-0.05, 0) is 25.1 Å². The first-order valence-electron chi connectivity index (χ1n) is 11.0. The molecule has 0 bridgehead atoms. The predicted octanol–water partition coefficient (Wildman–Crippen LogP) is 2.46. The van der Waals surface area contributed by atoms with Gasteiger partial charge in [0.1, 0.15) is 11.3 Å². The third-order valence-corrected chi connectivity index (χ3v) is 5.78. The van der Waals surface area contributed by atoms with Crippen molar-refractivity contribution >= 4 is 22.5 Å². The zero-order valence-corrected chi connectivity index (χ0v) is 18.1. The van der Waals surface area contributed by atoms with Crippen molar-refractivity contribution in [3.63, 3.8) is 0 Å². The number of aromatic nitrogens is 3.